The van der Waals surface area contributed by atoms with Gasteiger partial charge in [0.05, 0.1) is 6.04 Å². The molecule has 0 radical (unpaired) electrons. The largest absolute Gasteiger partial charge is 0.374 e. The van der Waals surface area contributed by atoms with Crippen molar-refractivity contribution in [2.24, 2.45) is 0 Å². The van der Waals surface area contributed by atoms with Crippen molar-refractivity contribution < 1.29 is 14.0 Å². The molecule has 4 rings (SSSR count). The van der Waals surface area contributed by atoms with E-state index < -0.39 is 17.6 Å². The molecule has 2 aromatic carbocycles. The molecule has 0 saturated carbocycles. The summed E-state index contributed by atoms with van der Waals surface area (Å²) in [5, 5.41) is 5.34. The van der Waals surface area contributed by atoms with Crippen LogP contribution in [0.2, 0.25) is 0 Å². The third-order valence-corrected chi connectivity index (χ3v) is 6.58. The number of halogens is 1. The predicted molar refractivity (Wildman–Crippen MR) is 128 cm³/mol. The molecule has 1 atom stereocenters. The van der Waals surface area contributed by atoms with Crippen LogP contribution in [-0.2, 0) is 16.0 Å². The highest BCUT2D eigenvalue weighted by molar-refractivity contribution is 6.39. The molecule has 0 bridgehead atoms. The number of hydrogen-bond donors (Lipinski definition) is 2. The van der Waals surface area contributed by atoms with E-state index in [1.807, 2.05) is 0 Å². The first-order valence-electron chi connectivity index (χ1n) is 11.5. The second-order valence-corrected chi connectivity index (χ2v) is 8.94. The summed E-state index contributed by atoms with van der Waals surface area (Å²) in [5.41, 5.74) is 4.14. The number of nitrogens with zero attached hydrogens (tertiary/aromatic N) is 3. The van der Waals surface area contributed by atoms with Crippen LogP contribution in [0, 0.1) is 5.82 Å². The van der Waals surface area contributed by atoms with Gasteiger partial charge in [-0.15, -0.1) is 0 Å². The molecule has 0 spiro atoms. The molecule has 2 amide bonds. The summed E-state index contributed by atoms with van der Waals surface area (Å²) >= 11 is 0. The van der Waals surface area contributed by atoms with E-state index in [-0.39, 0.29) is 6.04 Å². The summed E-state index contributed by atoms with van der Waals surface area (Å²) in [6.45, 7) is 5.12. The number of carbonyl (C=O) groups is 2. The zero-order valence-corrected chi connectivity index (χ0v) is 19.3. The number of rotatable bonds is 5. The van der Waals surface area contributed by atoms with Crippen molar-refractivity contribution in [2.75, 3.05) is 63.6 Å². The Morgan fingerprint density at radius 2 is 1.70 bits per heavy atom. The standard InChI is InChI=1S/C25H32FN5O2/c1-29-12-14-31(15-13-29)23(19-5-10-22-18(16-19)4-3-11-30(22)2)17-27-24(32)25(33)28-21-8-6-20(26)7-9-21/h5-10,16,23H,3-4,11-15,17H2,1-2H3,(H,27,32)(H,28,33)/t23-/m1/s1. The van der Waals surface area contributed by atoms with Crippen molar-refractivity contribution in [3.8, 4) is 0 Å². The molecule has 2 aliphatic rings. The maximum atomic E-state index is 13.1. The molecule has 0 aliphatic carbocycles. The van der Waals surface area contributed by atoms with E-state index in [2.05, 4.69) is 57.6 Å². The van der Waals surface area contributed by atoms with Crippen molar-refractivity contribution in [1.82, 2.24) is 15.1 Å². The topological polar surface area (TPSA) is 67.9 Å². The molecule has 2 heterocycles. The normalized spacial score (nSPS) is 17.8. The molecule has 0 aromatic heterocycles. The lowest BCUT2D eigenvalue weighted by Gasteiger charge is -2.39. The second kappa shape index (κ2) is 10.3. The van der Waals surface area contributed by atoms with Crippen LogP contribution in [0.15, 0.2) is 42.5 Å². The molecule has 0 unspecified atom stereocenters. The molecule has 2 aliphatic heterocycles. The molecule has 1 saturated heterocycles. The molecular formula is C25H32FN5O2. The van der Waals surface area contributed by atoms with Crippen molar-refractivity contribution in [3.05, 3.63) is 59.4 Å². The third-order valence-electron chi connectivity index (χ3n) is 6.58. The average molecular weight is 454 g/mol. The summed E-state index contributed by atoms with van der Waals surface area (Å²) in [6.07, 6.45) is 2.18. The first-order valence-corrected chi connectivity index (χ1v) is 11.5. The van der Waals surface area contributed by atoms with Crippen molar-refractivity contribution >= 4 is 23.2 Å². The van der Waals surface area contributed by atoms with E-state index >= 15 is 0 Å². The van der Waals surface area contributed by atoms with Crippen LogP contribution in [0.1, 0.15) is 23.6 Å². The van der Waals surface area contributed by atoms with Gasteiger partial charge in [0, 0.05) is 57.7 Å². The Hall–Kier alpha value is -2.97. The lowest BCUT2D eigenvalue weighted by atomic mass is 9.95. The fourth-order valence-electron chi connectivity index (χ4n) is 4.59. The SMILES string of the molecule is CN1CCN([C@H](CNC(=O)C(=O)Nc2ccc(F)cc2)c2ccc3c(c2)CCCN3C)CC1. The quantitative estimate of drug-likeness (QED) is 0.680. The monoisotopic (exact) mass is 453 g/mol. The molecule has 7 nitrogen and oxygen atoms in total. The van der Waals surface area contributed by atoms with Gasteiger partial charge in [0.25, 0.3) is 0 Å². The minimum absolute atomic E-state index is 0.0150. The molecule has 1 fully saturated rings. The summed E-state index contributed by atoms with van der Waals surface area (Å²) < 4.78 is 13.1. The molecular weight excluding hydrogens is 421 g/mol. The number of hydrogen-bond acceptors (Lipinski definition) is 5. The highest BCUT2D eigenvalue weighted by Gasteiger charge is 2.27. The smallest absolute Gasteiger partial charge is 0.313 e. The Bertz CT molecular complexity index is 989. The highest BCUT2D eigenvalue weighted by Crippen LogP contribution is 2.31. The Kier molecular flexibility index (Phi) is 7.25. The predicted octanol–water partition coefficient (Wildman–Crippen LogP) is 2.25. The van der Waals surface area contributed by atoms with E-state index in [0.29, 0.717) is 12.2 Å². The Balaban J connectivity index is 1.46. The van der Waals surface area contributed by atoms with Crippen LogP contribution in [0.3, 0.4) is 0 Å². The van der Waals surface area contributed by atoms with Gasteiger partial charge in [0.2, 0.25) is 0 Å². The second-order valence-electron chi connectivity index (χ2n) is 8.94. The Morgan fingerprint density at radius 3 is 2.42 bits per heavy atom. The van der Waals surface area contributed by atoms with Gasteiger partial charge in [0.1, 0.15) is 5.82 Å². The number of anilines is 2. The molecule has 2 aromatic rings. The maximum Gasteiger partial charge on any atom is 0.313 e. The summed E-state index contributed by atoms with van der Waals surface area (Å²) in [4.78, 5) is 31.8. The van der Waals surface area contributed by atoms with E-state index in [0.717, 1.165) is 51.1 Å². The van der Waals surface area contributed by atoms with Gasteiger partial charge < -0.3 is 20.4 Å². The number of likely N-dealkylation sites (N-methyl/N-ethyl adjacent to an activating group) is 1. The van der Waals surface area contributed by atoms with E-state index in [1.165, 1.54) is 35.5 Å². The molecule has 33 heavy (non-hydrogen) atoms. The van der Waals surface area contributed by atoms with Gasteiger partial charge in [-0.1, -0.05) is 12.1 Å². The van der Waals surface area contributed by atoms with Crippen LogP contribution in [0.4, 0.5) is 15.8 Å². The number of aryl methyl sites for hydroxylation is 1. The van der Waals surface area contributed by atoms with E-state index in [9.17, 15) is 14.0 Å². The summed E-state index contributed by atoms with van der Waals surface area (Å²) in [7, 11) is 4.23. The number of piperazine rings is 1. The van der Waals surface area contributed by atoms with Gasteiger partial charge in [-0.3, -0.25) is 14.5 Å². The van der Waals surface area contributed by atoms with Gasteiger partial charge >= 0.3 is 11.8 Å². The van der Waals surface area contributed by atoms with Crippen molar-refractivity contribution in [3.63, 3.8) is 0 Å². The average Bonchev–Trinajstić information content (AvgIpc) is 2.81. The highest BCUT2D eigenvalue weighted by atomic mass is 19.1. The number of fused-ring (bicyclic) bond motifs is 1. The van der Waals surface area contributed by atoms with E-state index in [4.69, 9.17) is 0 Å². The maximum absolute atomic E-state index is 13.1. The molecule has 2 N–H and O–H groups in total. The van der Waals surface area contributed by atoms with Crippen LogP contribution >= 0.6 is 0 Å². The lowest BCUT2D eigenvalue weighted by Crippen LogP contribution is -2.49. The lowest BCUT2D eigenvalue weighted by molar-refractivity contribution is -0.136. The number of carbonyl (C=O) groups excluding carboxylic acids is 2. The first kappa shape index (κ1) is 23.2. The van der Waals surface area contributed by atoms with Gasteiger partial charge in [0.15, 0.2) is 0 Å². The molecule has 176 valence electrons. The van der Waals surface area contributed by atoms with Crippen molar-refractivity contribution in [1.29, 1.82) is 0 Å². The van der Waals surface area contributed by atoms with Crippen LogP contribution in [0.5, 0.6) is 0 Å². The number of nitrogens with one attached hydrogen (secondary N) is 2. The minimum atomic E-state index is -0.759. The van der Waals surface area contributed by atoms with Gasteiger partial charge in [-0.2, -0.15) is 0 Å². The summed E-state index contributed by atoms with van der Waals surface area (Å²) in [6, 6.07) is 11.9. The zero-order valence-electron chi connectivity index (χ0n) is 19.3. The van der Waals surface area contributed by atoms with Crippen LogP contribution in [0.25, 0.3) is 0 Å². The van der Waals surface area contributed by atoms with Gasteiger partial charge in [-0.05, 0) is 61.3 Å². The summed E-state index contributed by atoms with van der Waals surface area (Å²) in [5.74, 6) is -1.86. The fourth-order valence-corrected chi connectivity index (χ4v) is 4.59. The Morgan fingerprint density at radius 1 is 0.970 bits per heavy atom. The van der Waals surface area contributed by atoms with E-state index in [1.54, 1.807) is 0 Å². The molecule has 8 heteroatoms. The van der Waals surface area contributed by atoms with Crippen molar-refractivity contribution in [2.45, 2.75) is 18.9 Å². The minimum Gasteiger partial charge on any atom is -0.374 e. The van der Waals surface area contributed by atoms with Crippen LogP contribution in [-0.4, -0.2) is 75.0 Å². The zero-order chi connectivity index (χ0) is 23.4. The third kappa shape index (κ3) is 5.69. The first-order chi connectivity index (χ1) is 15.9. The fraction of sp³-hybridized carbons (Fsp3) is 0.440. The van der Waals surface area contributed by atoms with Crippen LogP contribution < -0.4 is 15.5 Å². The number of benzene rings is 2. The Labute approximate surface area is 194 Å². The number of amides is 2. The van der Waals surface area contributed by atoms with Gasteiger partial charge in [-0.25, -0.2) is 4.39 Å².